The second-order valence-corrected chi connectivity index (χ2v) is 15.3. The maximum Gasteiger partial charge on any atom is 0.437 e. The number of likely N-dealkylation sites (tertiary alicyclic amines) is 1. The minimum Gasteiger partial charge on any atom is -0.481 e. The third-order valence-electron chi connectivity index (χ3n) is 11.4. The van der Waals surface area contributed by atoms with Gasteiger partial charge in [-0.3, -0.25) is 20.0 Å². The van der Waals surface area contributed by atoms with Gasteiger partial charge in [-0.05, 0) is 97.2 Å². The van der Waals surface area contributed by atoms with Gasteiger partial charge in [-0.2, -0.15) is 18.2 Å². The van der Waals surface area contributed by atoms with Crippen molar-refractivity contribution in [1.82, 2.24) is 35.5 Å². The Balaban J connectivity index is 1.01. The molecule has 2 saturated heterocycles. The summed E-state index contributed by atoms with van der Waals surface area (Å²) in [5.41, 5.74) is 6.38. The number of rotatable bonds is 13. The number of carboxylic acid groups (broad SMARTS) is 1. The summed E-state index contributed by atoms with van der Waals surface area (Å²) in [6.07, 6.45) is 1.65. The van der Waals surface area contributed by atoms with Gasteiger partial charge in [0.1, 0.15) is 17.4 Å². The van der Waals surface area contributed by atoms with Crippen molar-refractivity contribution in [2.45, 2.75) is 76.6 Å². The molecule has 4 atom stereocenters. The van der Waals surface area contributed by atoms with Gasteiger partial charge in [-0.25, -0.2) is 9.97 Å². The van der Waals surface area contributed by atoms with Crippen LogP contribution in [0.5, 0.6) is 5.88 Å². The number of hydrogen-bond donors (Lipinski definition) is 6. The predicted octanol–water partition coefficient (Wildman–Crippen LogP) is 6.33. The van der Waals surface area contributed by atoms with Crippen molar-refractivity contribution in [3.63, 3.8) is 0 Å². The monoisotopic (exact) mass is 797 g/mol. The lowest BCUT2D eigenvalue weighted by Gasteiger charge is -2.22. The van der Waals surface area contributed by atoms with E-state index in [0.29, 0.717) is 38.2 Å². The number of aliphatic hydroxyl groups excluding tert-OH is 1. The van der Waals surface area contributed by atoms with Crippen molar-refractivity contribution in [1.29, 1.82) is 0 Å². The van der Waals surface area contributed by atoms with Gasteiger partial charge in [-0.1, -0.05) is 30.3 Å². The number of hydrogen-bond acceptors (Lipinski definition) is 12. The van der Waals surface area contributed by atoms with Crippen LogP contribution in [0, 0.1) is 12.8 Å². The molecule has 0 saturated carbocycles. The van der Waals surface area contributed by atoms with Crippen LogP contribution in [0.3, 0.4) is 0 Å². The molecule has 58 heavy (non-hydrogen) atoms. The highest BCUT2D eigenvalue weighted by atomic mass is 19.4. The Hall–Kier alpha value is -5.42. The summed E-state index contributed by atoms with van der Waals surface area (Å²) < 4.78 is 49.1. The van der Waals surface area contributed by atoms with Crippen molar-refractivity contribution in [3.8, 4) is 17.0 Å². The van der Waals surface area contributed by atoms with E-state index >= 15 is 0 Å². The van der Waals surface area contributed by atoms with E-state index in [1.165, 1.54) is 7.11 Å². The SMILES string of the molecule is COc1nc(N[C@H]2CCc3c(-c4cccc(Nc5nccc6cc(CNC[C@@H]7CC[C@H](O)N7)cnc56)c4C)cccc32)c(C(F)(F)F)nc1CN1CC[C@H](C(=O)O)C1. The minimum atomic E-state index is -4.80. The van der Waals surface area contributed by atoms with Gasteiger partial charge in [0.2, 0.25) is 5.88 Å². The zero-order valence-corrected chi connectivity index (χ0v) is 32.2. The first-order chi connectivity index (χ1) is 27.9. The number of benzene rings is 2. The summed E-state index contributed by atoms with van der Waals surface area (Å²) in [5, 5.41) is 33.3. The fourth-order valence-electron chi connectivity index (χ4n) is 8.46. The van der Waals surface area contributed by atoms with E-state index in [9.17, 15) is 28.2 Å². The first kappa shape index (κ1) is 39.4. The molecule has 13 nitrogen and oxygen atoms in total. The zero-order chi connectivity index (χ0) is 40.6. The third kappa shape index (κ3) is 8.27. The Morgan fingerprint density at radius 1 is 1.03 bits per heavy atom. The highest BCUT2D eigenvalue weighted by Crippen LogP contribution is 2.43. The number of pyridine rings is 2. The van der Waals surface area contributed by atoms with Gasteiger partial charge in [0.05, 0.1) is 19.1 Å². The van der Waals surface area contributed by atoms with Crippen LogP contribution >= 0.6 is 0 Å². The Bertz CT molecular complexity index is 2330. The number of aliphatic carboxylic acids is 1. The van der Waals surface area contributed by atoms with Crippen LogP contribution in [0.1, 0.15) is 65.4 Å². The van der Waals surface area contributed by atoms with Crippen LogP contribution in [0.4, 0.5) is 30.5 Å². The standard InChI is InChI=1S/C42H46F3N9O4/c1-23-28(5-4-8-32(23)51-38-36-25(13-15-47-38)17-24(19-48-36)18-46-20-27-9-12-35(55)49-27)29-6-3-7-31-30(29)10-11-33(31)52-39-37(42(43,44)45)50-34(40(53-39)58-2)22-54-16-14-26(21-54)41(56)57/h3-8,13,15,17,19,26-27,33,35,46,49,55H,9-12,14,16,18,20-22H2,1-2H3,(H,47,51)(H,52,53)(H,56,57)/t26-,27-,33-,35-/m0/s1. The molecule has 0 radical (unpaired) electrons. The van der Waals surface area contributed by atoms with Gasteiger partial charge >= 0.3 is 12.1 Å². The lowest BCUT2D eigenvalue weighted by atomic mass is 9.92. The second-order valence-electron chi connectivity index (χ2n) is 15.3. The maximum atomic E-state index is 14.5. The van der Waals surface area contributed by atoms with Crippen LogP contribution in [-0.4, -0.2) is 80.0 Å². The number of carboxylic acids is 1. The summed E-state index contributed by atoms with van der Waals surface area (Å²) in [6, 6.07) is 15.7. The lowest BCUT2D eigenvalue weighted by Crippen LogP contribution is -2.37. The fourth-order valence-corrected chi connectivity index (χ4v) is 8.46. The van der Waals surface area contributed by atoms with Gasteiger partial charge in [-0.15, -0.1) is 0 Å². The molecule has 6 N–H and O–H groups in total. The molecular weight excluding hydrogens is 752 g/mol. The Morgan fingerprint density at radius 3 is 2.62 bits per heavy atom. The van der Waals surface area contributed by atoms with E-state index in [4.69, 9.17) is 9.72 Å². The molecule has 2 fully saturated rings. The quantitative estimate of drug-likeness (QED) is 0.0782. The summed E-state index contributed by atoms with van der Waals surface area (Å²) in [6.45, 7) is 4.06. The van der Waals surface area contributed by atoms with E-state index in [2.05, 4.69) is 42.3 Å². The van der Waals surface area contributed by atoms with Crippen molar-refractivity contribution < 1.29 is 32.9 Å². The van der Waals surface area contributed by atoms with Crippen LogP contribution in [0.15, 0.2) is 60.9 Å². The van der Waals surface area contributed by atoms with Gasteiger partial charge in [0.25, 0.3) is 0 Å². The summed E-state index contributed by atoms with van der Waals surface area (Å²) >= 11 is 0. The molecule has 8 rings (SSSR count). The van der Waals surface area contributed by atoms with Crippen LogP contribution < -0.4 is 26.0 Å². The average Bonchev–Trinajstić information content (AvgIpc) is 3.96. The molecular formula is C42H46F3N9O4. The zero-order valence-electron chi connectivity index (χ0n) is 32.2. The fraction of sp³-hybridized carbons (Fsp3) is 0.405. The number of anilines is 3. The molecule has 0 spiro atoms. The molecule has 1 aliphatic carbocycles. The van der Waals surface area contributed by atoms with E-state index in [-0.39, 0.29) is 30.7 Å². The molecule has 0 unspecified atom stereocenters. The second kappa shape index (κ2) is 16.4. The van der Waals surface area contributed by atoms with Gasteiger partial charge in [0.15, 0.2) is 17.3 Å². The normalized spacial score (nSPS) is 20.7. The number of alkyl halides is 3. The minimum absolute atomic E-state index is 0.00608. The predicted molar refractivity (Wildman–Crippen MR) is 213 cm³/mol. The molecule has 0 amide bonds. The highest BCUT2D eigenvalue weighted by Gasteiger charge is 2.40. The van der Waals surface area contributed by atoms with E-state index in [1.54, 1.807) is 11.1 Å². The molecule has 5 heterocycles. The Labute approximate surface area is 333 Å². The van der Waals surface area contributed by atoms with E-state index in [0.717, 1.165) is 69.4 Å². The summed E-state index contributed by atoms with van der Waals surface area (Å²) in [4.78, 5) is 30.9. The van der Waals surface area contributed by atoms with Gasteiger partial charge < -0.3 is 30.9 Å². The Morgan fingerprint density at radius 2 is 1.86 bits per heavy atom. The first-order valence-corrected chi connectivity index (χ1v) is 19.6. The van der Waals surface area contributed by atoms with Crippen molar-refractivity contribution >= 4 is 34.2 Å². The number of methoxy groups -OCH3 is 1. The van der Waals surface area contributed by atoms with Crippen LogP contribution in [0.25, 0.3) is 22.0 Å². The summed E-state index contributed by atoms with van der Waals surface area (Å²) in [7, 11) is 1.34. The maximum absolute atomic E-state index is 14.5. The largest absolute Gasteiger partial charge is 0.481 e. The van der Waals surface area contributed by atoms with Crippen molar-refractivity contribution in [2.75, 3.05) is 37.4 Å². The third-order valence-corrected chi connectivity index (χ3v) is 11.4. The first-order valence-electron chi connectivity index (χ1n) is 19.6. The Kier molecular flexibility index (Phi) is 11.2. The molecule has 5 aromatic rings. The lowest BCUT2D eigenvalue weighted by molar-refractivity contribution is -0.141. The highest BCUT2D eigenvalue weighted by molar-refractivity contribution is 5.91. The molecule has 3 aliphatic rings. The number of fused-ring (bicyclic) bond motifs is 2. The van der Waals surface area contributed by atoms with Crippen LogP contribution in [0.2, 0.25) is 0 Å². The average molecular weight is 798 g/mol. The molecule has 16 heteroatoms. The van der Waals surface area contributed by atoms with Crippen molar-refractivity contribution in [2.24, 2.45) is 5.92 Å². The molecule has 0 bridgehead atoms. The number of aliphatic hydroxyl groups is 1. The molecule has 2 aromatic carbocycles. The molecule has 2 aliphatic heterocycles. The number of halogens is 3. The number of carbonyl (C=O) groups is 1. The number of ether oxygens (including phenoxy) is 1. The summed E-state index contributed by atoms with van der Waals surface area (Å²) in [5.74, 6) is -1.34. The van der Waals surface area contributed by atoms with E-state index < -0.39 is 41.8 Å². The van der Waals surface area contributed by atoms with Crippen LogP contribution in [-0.2, 0) is 30.5 Å². The molecule has 3 aromatic heterocycles. The van der Waals surface area contributed by atoms with Gasteiger partial charge in [0, 0.05) is 55.7 Å². The van der Waals surface area contributed by atoms with E-state index in [1.807, 2.05) is 55.6 Å². The number of nitrogens with one attached hydrogen (secondary N) is 4. The number of nitrogens with zero attached hydrogens (tertiary/aromatic N) is 5. The van der Waals surface area contributed by atoms with Crippen molar-refractivity contribution in [3.05, 3.63) is 94.6 Å². The topological polar surface area (TPSA) is 170 Å². The number of aromatic nitrogens is 4. The smallest absolute Gasteiger partial charge is 0.437 e. The molecule has 304 valence electrons.